The van der Waals surface area contributed by atoms with Crippen LogP contribution in [0.3, 0.4) is 0 Å². The quantitative estimate of drug-likeness (QED) is 0.917. The molecule has 1 aliphatic heterocycles. The van der Waals surface area contributed by atoms with Crippen molar-refractivity contribution in [2.24, 2.45) is 0 Å². The molecule has 0 radical (unpaired) electrons. The van der Waals surface area contributed by atoms with Gasteiger partial charge in [0.15, 0.2) is 0 Å². The molecule has 3 rings (SSSR count). The molecule has 2 heterocycles. The van der Waals surface area contributed by atoms with Crippen molar-refractivity contribution in [1.29, 1.82) is 0 Å². The number of carbonyl (C=O) groups excluding carboxylic acids is 1. The van der Waals surface area contributed by atoms with Crippen LogP contribution in [0, 0.1) is 0 Å². The smallest absolute Gasteiger partial charge is 0.410 e. The first-order valence-corrected chi connectivity index (χ1v) is 9.11. The highest BCUT2D eigenvalue weighted by atomic mass is 16.6. The monoisotopic (exact) mass is 353 g/mol. The maximum Gasteiger partial charge on any atom is 0.410 e. The Morgan fingerprint density at radius 2 is 1.96 bits per heavy atom. The third kappa shape index (κ3) is 4.82. The van der Waals surface area contributed by atoms with Gasteiger partial charge in [0.1, 0.15) is 5.60 Å². The minimum Gasteiger partial charge on any atom is -0.444 e. The largest absolute Gasteiger partial charge is 0.444 e. The van der Waals surface area contributed by atoms with E-state index in [0.717, 1.165) is 24.2 Å². The van der Waals surface area contributed by atoms with Crippen molar-refractivity contribution in [2.75, 3.05) is 19.6 Å². The summed E-state index contributed by atoms with van der Waals surface area (Å²) in [4.78, 5) is 19.0. The van der Waals surface area contributed by atoms with Gasteiger partial charge in [-0.15, -0.1) is 0 Å². The number of piperazine rings is 1. The lowest BCUT2D eigenvalue weighted by molar-refractivity contribution is 0.0113. The predicted octanol–water partition coefficient (Wildman–Crippen LogP) is 3.55. The number of rotatable bonds is 3. The molecule has 0 saturated carbocycles. The molecule has 2 aromatic rings. The van der Waals surface area contributed by atoms with E-state index in [2.05, 4.69) is 28.5 Å². The number of hydrogen-bond donors (Lipinski definition) is 1. The highest BCUT2D eigenvalue weighted by Gasteiger charge is 2.32. The molecule has 0 bridgehead atoms. The standard InChI is InChI=1S/C21H27N3O2/c1-21(2,3)26-20(25)24-12-11-22-15-19(24)18-10-9-17(14-23-18)13-16-7-5-4-6-8-16/h4-10,14,19,22H,11-13,15H2,1-3H3. The van der Waals surface area contributed by atoms with Crippen LogP contribution in [0.15, 0.2) is 48.7 Å². The fraction of sp³-hybridized carbons (Fsp3) is 0.429. The normalized spacial score (nSPS) is 17.8. The van der Waals surface area contributed by atoms with Gasteiger partial charge in [-0.1, -0.05) is 36.4 Å². The Morgan fingerprint density at radius 1 is 1.19 bits per heavy atom. The molecule has 0 spiro atoms. The van der Waals surface area contributed by atoms with Crippen molar-refractivity contribution in [1.82, 2.24) is 15.2 Å². The first-order chi connectivity index (χ1) is 12.4. The Labute approximate surface area is 155 Å². The van der Waals surface area contributed by atoms with Crippen molar-refractivity contribution < 1.29 is 9.53 Å². The highest BCUT2D eigenvalue weighted by molar-refractivity contribution is 5.69. The summed E-state index contributed by atoms with van der Waals surface area (Å²) in [7, 11) is 0. The molecule has 1 aliphatic rings. The van der Waals surface area contributed by atoms with Crippen molar-refractivity contribution >= 4 is 6.09 Å². The molecule has 1 amide bonds. The highest BCUT2D eigenvalue weighted by Crippen LogP contribution is 2.23. The van der Waals surface area contributed by atoms with Crippen LogP contribution in [-0.4, -0.2) is 41.2 Å². The number of nitrogens with one attached hydrogen (secondary N) is 1. The number of amides is 1. The molecule has 5 nitrogen and oxygen atoms in total. The van der Waals surface area contributed by atoms with Gasteiger partial charge in [-0.3, -0.25) is 9.88 Å². The molecule has 1 unspecified atom stereocenters. The number of carbonyl (C=O) groups is 1. The van der Waals surface area contributed by atoms with E-state index in [1.54, 1.807) is 4.90 Å². The van der Waals surface area contributed by atoms with Gasteiger partial charge in [0.25, 0.3) is 0 Å². The molecule has 26 heavy (non-hydrogen) atoms. The maximum absolute atomic E-state index is 12.6. The summed E-state index contributed by atoms with van der Waals surface area (Å²) in [6, 6.07) is 14.3. The SMILES string of the molecule is CC(C)(C)OC(=O)N1CCNCC1c1ccc(Cc2ccccc2)cn1. The van der Waals surface area contributed by atoms with E-state index in [4.69, 9.17) is 4.74 Å². The maximum atomic E-state index is 12.6. The number of ether oxygens (including phenoxy) is 1. The van der Waals surface area contributed by atoms with Crippen molar-refractivity contribution in [3.8, 4) is 0 Å². The van der Waals surface area contributed by atoms with E-state index in [9.17, 15) is 4.79 Å². The number of hydrogen-bond acceptors (Lipinski definition) is 4. The van der Waals surface area contributed by atoms with Crippen LogP contribution in [-0.2, 0) is 11.2 Å². The summed E-state index contributed by atoms with van der Waals surface area (Å²) in [5.41, 5.74) is 2.81. The number of nitrogens with zero attached hydrogens (tertiary/aromatic N) is 2. The molecule has 1 aromatic heterocycles. The third-order valence-electron chi connectivity index (χ3n) is 4.31. The summed E-state index contributed by atoms with van der Waals surface area (Å²) in [6.45, 7) is 7.73. The minimum atomic E-state index is -0.501. The summed E-state index contributed by atoms with van der Waals surface area (Å²) in [5.74, 6) is 0. The number of benzene rings is 1. The topological polar surface area (TPSA) is 54.5 Å². The van der Waals surface area contributed by atoms with E-state index in [-0.39, 0.29) is 12.1 Å². The first kappa shape index (κ1) is 18.4. The van der Waals surface area contributed by atoms with Crippen LogP contribution in [0.4, 0.5) is 4.79 Å². The molecule has 5 heteroatoms. The second kappa shape index (κ2) is 7.87. The number of pyridine rings is 1. The van der Waals surface area contributed by atoms with Gasteiger partial charge in [-0.2, -0.15) is 0 Å². The second-order valence-electron chi connectivity index (χ2n) is 7.65. The Morgan fingerprint density at radius 3 is 2.62 bits per heavy atom. The van der Waals surface area contributed by atoms with Gasteiger partial charge < -0.3 is 10.1 Å². The van der Waals surface area contributed by atoms with Crippen LogP contribution in [0.25, 0.3) is 0 Å². The summed E-state index contributed by atoms with van der Waals surface area (Å²) >= 11 is 0. The zero-order chi connectivity index (χ0) is 18.6. The Kier molecular flexibility index (Phi) is 5.57. The van der Waals surface area contributed by atoms with Crippen LogP contribution < -0.4 is 5.32 Å². The molecular formula is C21H27N3O2. The molecule has 1 aromatic carbocycles. The molecule has 138 valence electrons. The molecule has 0 aliphatic carbocycles. The van der Waals surface area contributed by atoms with E-state index >= 15 is 0 Å². The van der Waals surface area contributed by atoms with Gasteiger partial charge in [0.2, 0.25) is 0 Å². The molecular weight excluding hydrogens is 326 g/mol. The van der Waals surface area contributed by atoms with Gasteiger partial charge in [-0.05, 0) is 44.4 Å². The summed E-state index contributed by atoms with van der Waals surface area (Å²) in [6.07, 6.45) is 2.48. The lowest BCUT2D eigenvalue weighted by atomic mass is 10.0. The Bertz CT molecular complexity index is 723. The number of aromatic nitrogens is 1. The minimum absolute atomic E-state index is 0.107. The average Bonchev–Trinajstić information content (AvgIpc) is 2.62. The van der Waals surface area contributed by atoms with Gasteiger partial charge >= 0.3 is 6.09 Å². The average molecular weight is 353 g/mol. The van der Waals surface area contributed by atoms with E-state index in [1.807, 2.05) is 51.2 Å². The van der Waals surface area contributed by atoms with Crippen LogP contribution >= 0.6 is 0 Å². The fourth-order valence-electron chi connectivity index (χ4n) is 3.08. The lowest BCUT2D eigenvalue weighted by Crippen LogP contribution is -2.50. The van der Waals surface area contributed by atoms with Crippen molar-refractivity contribution in [3.63, 3.8) is 0 Å². The van der Waals surface area contributed by atoms with E-state index < -0.39 is 5.60 Å². The second-order valence-corrected chi connectivity index (χ2v) is 7.65. The Balaban J connectivity index is 1.72. The zero-order valence-corrected chi connectivity index (χ0v) is 15.7. The van der Waals surface area contributed by atoms with E-state index in [0.29, 0.717) is 13.1 Å². The van der Waals surface area contributed by atoms with E-state index in [1.165, 1.54) is 5.56 Å². The molecule has 1 fully saturated rings. The molecule has 1 atom stereocenters. The van der Waals surface area contributed by atoms with Gasteiger partial charge in [-0.25, -0.2) is 4.79 Å². The first-order valence-electron chi connectivity index (χ1n) is 9.11. The van der Waals surface area contributed by atoms with Crippen molar-refractivity contribution in [3.05, 3.63) is 65.5 Å². The molecule has 1 saturated heterocycles. The van der Waals surface area contributed by atoms with Crippen LogP contribution in [0.5, 0.6) is 0 Å². The zero-order valence-electron chi connectivity index (χ0n) is 15.7. The summed E-state index contributed by atoms with van der Waals surface area (Å²) in [5, 5.41) is 3.35. The molecule has 1 N–H and O–H groups in total. The van der Waals surface area contributed by atoms with Gasteiger partial charge in [0.05, 0.1) is 11.7 Å². The summed E-state index contributed by atoms with van der Waals surface area (Å²) < 4.78 is 5.56. The fourth-order valence-corrected chi connectivity index (χ4v) is 3.08. The lowest BCUT2D eigenvalue weighted by Gasteiger charge is -2.36. The van der Waals surface area contributed by atoms with Crippen LogP contribution in [0.2, 0.25) is 0 Å². The van der Waals surface area contributed by atoms with Crippen molar-refractivity contribution in [2.45, 2.75) is 38.8 Å². The van der Waals surface area contributed by atoms with Crippen LogP contribution in [0.1, 0.15) is 43.6 Å². The third-order valence-corrected chi connectivity index (χ3v) is 4.31. The Hall–Kier alpha value is -2.40. The van der Waals surface area contributed by atoms with Gasteiger partial charge in [0, 0.05) is 25.8 Å². The predicted molar refractivity (Wildman–Crippen MR) is 102 cm³/mol.